The Labute approximate surface area is 397 Å². The van der Waals surface area contributed by atoms with Crippen LogP contribution in [0.15, 0.2) is 133 Å². The highest BCUT2D eigenvalue weighted by Crippen LogP contribution is 2.48. The zero-order valence-electron chi connectivity index (χ0n) is 38.3. The number of rotatable bonds is 19. The first-order chi connectivity index (χ1) is 31.2. The van der Waals surface area contributed by atoms with Crippen LogP contribution in [-0.2, 0) is 41.5 Å². The molecular weight excluding hydrogens is 873 g/mol. The molecule has 0 bridgehead atoms. The van der Waals surface area contributed by atoms with Gasteiger partial charge in [-0.3, -0.25) is 14.4 Å². The van der Waals surface area contributed by atoms with Crippen LogP contribution in [-0.4, -0.2) is 80.3 Å². The van der Waals surface area contributed by atoms with E-state index in [1.807, 2.05) is 97.1 Å². The van der Waals surface area contributed by atoms with Crippen molar-refractivity contribution >= 4 is 54.2 Å². The van der Waals surface area contributed by atoms with Gasteiger partial charge < -0.3 is 36.2 Å². The fourth-order valence-electron chi connectivity index (χ4n) is 7.70. The first-order valence-electron chi connectivity index (χ1n) is 21.7. The van der Waals surface area contributed by atoms with Gasteiger partial charge in [0.2, 0.25) is 17.7 Å². The molecule has 0 spiro atoms. The second-order valence-electron chi connectivity index (χ2n) is 17.8. The minimum Gasteiger partial charge on any atom is -0.508 e. The lowest BCUT2D eigenvalue weighted by Crippen LogP contribution is -2.60. The highest BCUT2D eigenvalue weighted by Gasteiger charge is 2.41. The normalized spacial score (nSPS) is 13.6. The monoisotopic (exact) mass is 932 g/mol. The Bertz CT molecular complexity index is 2320. The topological polar surface area (TPSA) is 183 Å². The zero-order chi connectivity index (χ0) is 48.2. The van der Waals surface area contributed by atoms with Gasteiger partial charge in [-0.05, 0) is 99.5 Å². The summed E-state index contributed by atoms with van der Waals surface area (Å²) in [6.45, 7) is 11.8. The van der Waals surface area contributed by atoms with E-state index in [4.69, 9.17) is 4.74 Å². The third kappa shape index (κ3) is 13.6. The number of amides is 4. The van der Waals surface area contributed by atoms with E-state index in [1.54, 1.807) is 84.9 Å². The van der Waals surface area contributed by atoms with Crippen molar-refractivity contribution in [2.24, 2.45) is 0 Å². The maximum Gasteiger partial charge on any atom is 0.408 e. The predicted molar refractivity (Wildman–Crippen MR) is 263 cm³/mol. The van der Waals surface area contributed by atoms with Crippen molar-refractivity contribution in [3.8, 4) is 5.75 Å². The molecule has 0 heterocycles. The van der Waals surface area contributed by atoms with Crippen LogP contribution in [0.2, 0.25) is 0 Å². The average molecular weight is 933 g/mol. The van der Waals surface area contributed by atoms with Gasteiger partial charge in [-0.25, -0.2) is 9.59 Å². The van der Waals surface area contributed by atoms with Gasteiger partial charge in [0.1, 0.15) is 35.5 Å². The number of phenols is 1. The van der Waals surface area contributed by atoms with Gasteiger partial charge >= 0.3 is 12.1 Å². The number of aryl methyl sites for hydroxylation is 2. The number of thiol groups is 1. The van der Waals surface area contributed by atoms with E-state index in [0.717, 1.165) is 16.7 Å². The van der Waals surface area contributed by atoms with Crippen molar-refractivity contribution in [1.29, 1.82) is 0 Å². The summed E-state index contributed by atoms with van der Waals surface area (Å²) in [5.41, 5.74) is 4.53. The third-order valence-corrected chi connectivity index (χ3v) is 12.8. The number of hydrogen-bond donors (Lipinski definition) is 7. The average Bonchev–Trinajstić information content (AvgIpc) is 3.26. The molecule has 0 unspecified atom stereocenters. The van der Waals surface area contributed by atoms with Crippen LogP contribution >= 0.6 is 24.4 Å². The van der Waals surface area contributed by atoms with Gasteiger partial charge in [-0.2, -0.15) is 12.6 Å². The third-order valence-electron chi connectivity index (χ3n) is 10.9. The fourth-order valence-corrected chi connectivity index (χ4v) is 9.44. The molecule has 4 amide bonds. The van der Waals surface area contributed by atoms with Gasteiger partial charge in [0, 0.05) is 23.3 Å². The number of carboxylic acids is 1. The number of carbonyl (C=O) groups excluding carboxylic acids is 4. The highest BCUT2D eigenvalue weighted by molar-refractivity contribution is 8.00. The second kappa shape index (κ2) is 22.3. The van der Waals surface area contributed by atoms with Crippen LogP contribution < -0.4 is 21.3 Å². The molecule has 14 heteroatoms. The van der Waals surface area contributed by atoms with E-state index in [-0.39, 0.29) is 24.3 Å². The van der Waals surface area contributed by atoms with E-state index < -0.39 is 69.0 Å². The Morgan fingerprint density at radius 3 is 1.45 bits per heavy atom. The molecule has 0 aliphatic carbocycles. The minimum absolute atomic E-state index is 0.0181. The lowest BCUT2D eigenvalue weighted by atomic mass is 9.84. The van der Waals surface area contributed by atoms with Crippen molar-refractivity contribution in [3.05, 3.63) is 172 Å². The van der Waals surface area contributed by atoms with Gasteiger partial charge in [0.25, 0.3) is 0 Å². The van der Waals surface area contributed by atoms with Crippen LogP contribution in [0.4, 0.5) is 4.79 Å². The van der Waals surface area contributed by atoms with Crippen LogP contribution in [0.3, 0.4) is 0 Å². The Balaban J connectivity index is 1.62. The van der Waals surface area contributed by atoms with Gasteiger partial charge in [-0.15, -0.1) is 11.8 Å². The molecule has 0 saturated heterocycles. The lowest BCUT2D eigenvalue weighted by Gasteiger charge is -2.37. The van der Waals surface area contributed by atoms with E-state index in [2.05, 4.69) is 33.9 Å². The van der Waals surface area contributed by atoms with Crippen molar-refractivity contribution in [1.82, 2.24) is 21.3 Å². The molecule has 5 aromatic carbocycles. The van der Waals surface area contributed by atoms with Crippen molar-refractivity contribution in [3.63, 3.8) is 0 Å². The number of aromatic hydroxyl groups is 1. The van der Waals surface area contributed by atoms with E-state index in [9.17, 15) is 29.4 Å². The summed E-state index contributed by atoms with van der Waals surface area (Å²) < 4.78 is 3.47. The van der Waals surface area contributed by atoms with E-state index in [0.29, 0.717) is 22.3 Å². The van der Waals surface area contributed by atoms with Crippen LogP contribution in [0.1, 0.15) is 73.6 Å². The van der Waals surface area contributed by atoms with Crippen LogP contribution in [0.25, 0.3) is 0 Å². The summed E-state index contributed by atoms with van der Waals surface area (Å²) in [7, 11) is 0. The van der Waals surface area contributed by atoms with E-state index in [1.165, 1.54) is 11.8 Å². The number of carboxylic acid groups (broad SMARTS) is 1. The standard InChI is InChI=1S/C52H60N4O8S2/c1-33-28-39(57)29-34(2)40(33)31-42(55-49(63)64-50(3,4)5)45(58)54-43(47(60)53-41(30-35-20-12-8-13-21-35)46(59)56-44(48(61)62)51(6,7)65)32-66-52(36-22-14-9-15-23-36,37-24-16-10-17-25-37)38-26-18-11-19-27-38/h8-29,41-44,57,65H,30-32H2,1-7H3,(H,53,60)(H,54,58)(H,55,63)(H,56,59)(H,61,62)/t41-,42-,43+,44-/m0/s1. The molecule has 348 valence electrons. The number of phenolic OH excluding ortho intramolecular Hbond substituents is 1. The number of ether oxygens (including phenoxy) is 1. The Hall–Kier alpha value is -6.25. The number of thioether (sulfide) groups is 1. The summed E-state index contributed by atoms with van der Waals surface area (Å²) in [4.78, 5) is 69.9. The molecule has 0 radical (unpaired) electrons. The molecule has 5 rings (SSSR count). The summed E-state index contributed by atoms with van der Waals surface area (Å²) in [6.07, 6.45) is -0.903. The number of carbonyl (C=O) groups is 5. The summed E-state index contributed by atoms with van der Waals surface area (Å²) in [6, 6.07) is 36.1. The maximum absolute atomic E-state index is 15.1. The largest absolute Gasteiger partial charge is 0.508 e. The first kappa shape index (κ1) is 50.7. The number of alkyl carbamates (subject to hydrolysis) is 1. The van der Waals surface area contributed by atoms with Crippen LogP contribution in [0, 0.1) is 13.8 Å². The van der Waals surface area contributed by atoms with Gasteiger partial charge in [-0.1, -0.05) is 121 Å². The molecule has 4 atom stereocenters. The summed E-state index contributed by atoms with van der Waals surface area (Å²) >= 11 is 5.85. The first-order valence-corrected chi connectivity index (χ1v) is 23.1. The summed E-state index contributed by atoms with van der Waals surface area (Å²) in [5, 5.41) is 31.6. The quantitative estimate of drug-likeness (QED) is 0.0323. The second-order valence-corrected chi connectivity index (χ2v) is 20.2. The van der Waals surface area contributed by atoms with Crippen molar-refractivity contribution in [2.45, 2.75) is 101 Å². The minimum atomic E-state index is -1.43. The molecule has 0 aliphatic heterocycles. The number of nitrogens with one attached hydrogen (secondary N) is 4. The molecule has 0 aromatic heterocycles. The fraction of sp³-hybridized carbons (Fsp3) is 0.327. The molecule has 12 nitrogen and oxygen atoms in total. The predicted octanol–water partition coefficient (Wildman–Crippen LogP) is 7.66. The van der Waals surface area contributed by atoms with Gasteiger partial charge in [0.05, 0.1) is 4.75 Å². The molecule has 66 heavy (non-hydrogen) atoms. The molecule has 5 aromatic rings. The molecule has 0 aliphatic rings. The number of hydrogen-bond acceptors (Lipinski definition) is 9. The van der Waals surface area contributed by atoms with Crippen molar-refractivity contribution in [2.75, 3.05) is 5.75 Å². The molecule has 6 N–H and O–H groups in total. The number of aliphatic carboxylic acids is 1. The van der Waals surface area contributed by atoms with Crippen LogP contribution in [0.5, 0.6) is 5.75 Å². The molecule has 0 saturated carbocycles. The highest BCUT2D eigenvalue weighted by atomic mass is 32.2. The molecular formula is C52H60N4O8S2. The molecule has 0 fully saturated rings. The van der Waals surface area contributed by atoms with E-state index >= 15 is 4.79 Å². The maximum atomic E-state index is 15.1. The zero-order valence-corrected chi connectivity index (χ0v) is 40.0. The number of benzene rings is 5. The lowest BCUT2D eigenvalue weighted by molar-refractivity contribution is -0.143. The van der Waals surface area contributed by atoms with Gasteiger partial charge in [0.15, 0.2) is 0 Å². The Kier molecular flexibility index (Phi) is 17.1. The SMILES string of the molecule is Cc1cc(O)cc(C)c1C[C@H](NC(=O)OC(C)(C)C)C(=O)N[C@H](CSC(c1ccccc1)(c1ccccc1)c1ccccc1)C(=O)N[C@@H](Cc1ccccc1)C(=O)N[C@@H](C(=O)O)C(C)(C)S. The Morgan fingerprint density at radius 2 is 1.02 bits per heavy atom. The Morgan fingerprint density at radius 1 is 0.606 bits per heavy atom. The van der Waals surface area contributed by atoms with Crippen molar-refractivity contribution < 1.29 is 38.9 Å². The summed E-state index contributed by atoms with van der Waals surface area (Å²) in [5.74, 6) is -3.55. The smallest absolute Gasteiger partial charge is 0.408 e.